The molecule has 0 fully saturated rings. The second-order valence-electron chi connectivity index (χ2n) is 6.72. The predicted molar refractivity (Wildman–Crippen MR) is 99.4 cm³/mol. The molecule has 198 valence electrons. The molecule has 1 aliphatic rings. The fraction of sp³-hybridized carbons (Fsp3) is 0.375. The number of alkyl halides is 3. The smallest absolute Gasteiger partial charge is 0.430 e. The Kier molecular flexibility index (Phi) is 5.52. The van der Waals surface area contributed by atoms with Gasteiger partial charge in [0.25, 0.3) is 6.79 Å². The number of esters is 1. The molecule has 0 amide bonds. The predicted octanol–water partition coefficient (Wildman–Crippen LogP) is 4.69. The summed E-state index contributed by atoms with van der Waals surface area (Å²) >= 11 is 0. The Balaban J connectivity index is 2.49. The van der Waals surface area contributed by atoms with Gasteiger partial charge in [-0.05, 0) is 30.6 Å². The van der Waals surface area contributed by atoms with Crippen molar-refractivity contribution >= 4 is 28.2 Å². The van der Waals surface area contributed by atoms with E-state index in [0.29, 0.717) is 5.01 Å². The first-order valence-electron chi connectivity index (χ1n) is 10.1. The van der Waals surface area contributed by atoms with E-state index in [0.717, 1.165) is 7.05 Å². The number of benzene rings is 1. The molecule has 1 aliphatic heterocycles. The zero-order valence-electron chi connectivity index (χ0n) is 19.9. The minimum absolute atomic E-state index is 0.0270. The van der Waals surface area contributed by atoms with E-state index < -0.39 is 93.0 Å². The average molecular weight is 548 g/mol. The van der Waals surface area contributed by atoms with E-state index in [2.05, 4.69) is 19.6 Å². The summed E-state index contributed by atoms with van der Waals surface area (Å²) in [5.74, 6) is -4.81. The first-order chi connectivity index (χ1) is 16.8. The van der Waals surface area contributed by atoms with Crippen LogP contribution < -0.4 is 4.74 Å². The summed E-state index contributed by atoms with van der Waals surface area (Å²) < 4.78 is 138. The van der Waals surface area contributed by atoms with Crippen molar-refractivity contribution in [2.75, 3.05) is 20.4 Å². The number of carboxylic acids is 1. The average Bonchev–Trinajstić information content (AvgIpc) is 2.71. The van der Waals surface area contributed by atoms with Crippen LogP contribution in [0.15, 0.2) is 27.9 Å². The number of ether oxygens (including phenoxy) is 2. The van der Waals surface area contributed by atoms with Crippen LogP contribution in [0.25, 0.3) is 6.08 Å². The van der Waals surface area contributed by atoms with Crippen LogP contribution in [0.3, 0.4) is 0 Å². The lowest BCUT2D eigenvalue weighted by Crippen LogP contribution is -2.41. The summed E-state index contributed by atoms with van der Waals surface area (Å²) in [6.45, 7) is -5.91. The molecule has 1 heterocycles. The molecule has 1 aromatic rings. The molecule has 35 heavy (non-hydrogen) atoms. The van der Waals surface area contributed by atoms with Crippen LogP contribution in [0.2, 0.25) is 0 Å². The van der Waals surface area contributed by atoms with Crippen LogP contribution in [0.1, 0.15) is 15.2 Å². The molecule has 10 nitrogen and oxygen atoms in total. The number of hydrazine groups is 1. The van der Waals surface area contributed by atoms with E-state index in [-0.39, 0.29) is 12.1 Å². The summed E-state index contributed by atoms with van der Waals surface area (Å²) in [6, 6.07) is -0.936. The topological polar surface area (TPSA) is 124 Å². The number of fused-ring (bicyclic) bond motifs is 1. The number of carbonyl (C=O) groups excluding carboxylic acids is 1. The van der Waals surface area contributed by atoms with Crippen LogP contribution >= 0.6 is 10.2 Å². The molecular weight excluding hydrogens is 530 g/mol. The molecule has 0 saturated carbocycles. The standard InChI is InChI=1S/C16H15F8N3O7S/c1-8-3-10(35(20,21,22,23)24)4-9-5-11(14(16(17,18)19)34-13(8)9)15(30)32-7-33-25-27(31)26(2)6-12(28)29/h3-5,14H,6-7H2,1-2H3,(H,28,29)/i1D3. The Labute approximate surface area is 194 Å². The molecule has 0 bridgehead atoms. The van der Waals surface area contributed by atoms with Gasteiger partial charge in [-0.15, -0.1) is 5.01 Å². The first kappa shape index (κ1) is 23.2. The Morgan fingerprint density at radius 1 is 1.31 bits per heavy atom. The number of aryl methyl sites for hydroxylation is 1. The van der Waals surface area contributed by atoms with Crippen molar-refractivity contribution in [3.05, 3.63) is 34.0 Å². The van der Waals surface area contributed by atoms with Crippen molar-refractivity contribution in [2.45, 2.75) is 24.0 Å². The van der Waals surface area contributed by atoms with Crippen molar-refractivity contribution in [2.24, 2.45) is 5.28 Å². The summed E-state index contributed by atoms with van der Waals surface area (Å²) in [5.41, 5.74) is -4.47. The Bertz CT molecular complexity index is 1210. The third-order valence-corrected chi connectivity index (χ3v) is 5.05. The molecule has 0 aliphatic carbocycles. The molecule has 0 spiro atoms. The van der Waals surface area contributed by atoms with Gasteiger partial charge in [0.1, 0.15) is 10.6 Å². The highest BCUT2D eigenvalue weighted by Gasteiger charge is 2.65. The van der Waals surface area contributed by atoms with E-state index in [1.807, 2.05) is 0 Å². The molecule has 0 aromatic heterocycles. The third kappa shape index (κ3) is 6.99. The van der Waals surface area contributed by atoms with Crippen LogP contribution in [-0.2, 0) is 19.2 Å². The second kappa shape index (κ2) is 8.31. The second-order valence-corrected chi connectivity index (χ2v) is 9.13. The Morgan fingerprint density at radius 3 is 2.46 bits per heavy atom. The molecule has 19 heteroatoms. The van der Waals surface area contributed by atoms with Gasteiger partial charge < -0.3 is 24.6 Å². The van der Waals surface area contributed by atoms with Gasteiger partial charge in [0, 0.05) is 9.68 Å². The lowest BCUT2D eigenvalue weighted by molar-refractivity contribution is -0.704. The molecule has 0 radical (unpaired) electrons. The maximum Gasteiger partial charge on any atom is 0.430 e. The fourth-order valence-electron chi connectivity index (χ4n) is 2.47. The van der Waals surface area contributed by atoms with Crippen LogP contribution in [0, 0.1) is 12.1 Å². The minimum Gasteiger partial charge on any atom is -0.569 e. The third-order valence-electron chi connectivity index (χ3n) is 3.93. The summed E-state index contributed by atoms with van der Waals surface area (Å²) in [6.07, 6.45) is -8.78. The number of carboxylic acid groups (broad SMARTS) is 1. The zero-order chi connectivity index (χ0) is 29.5. The van der Waals surface area contributed by atoms with E-state index in [1.165, 1.54) is 0 Å². The number of hydrogen-bond acceptors (Lipinski definition) is 7. The Hall–Kier alpha value is -3.51. The van der Waals surface area contributed by atoms with Gasteiger partial charge in [-0.3, -0.25) is 4.79 Å². The minimum atomic E-state index is -10.6. The fourth-order valence-corrected chi connectivity index (χ4v) is 3.16. The maximum atomic E-state index is 13.6. The quantitative estimate of drug-likeness (QED) is 0.0945. The van der Waals surface area contributed by atoms with Gasteiger partial charge in [0.2, 0.25) is 11.4 Å². The number of nitrogens with zero attached hydrogens (tertiary/aromatic N) is 3. The normalized spacial score (nSPS) is 19.9. The summed E-state index contributed by atoms with van der Waals surface area (Å²) in [4.78, 5) is 23.7. The highest BCUT2D eigenvalue weighted by Crippen LogP contribution is 3.02. The van der Waals surface area contributed by atoms with Crippen LogP contribution in [-0.4, -0.2) is 59.7 Å². The van der Waals surface area contributed by atoms with Crippen molar-refractivity contribution in [3.63, 3.8) is 0 Å². The molecule has 1 N–H and O–H groups in total. The monoisotopic (exact) mass is 548 g/mol. The number of rotatable bonds is 8. The molecule has 1 unspecified atom stereocenters. The van der Waals surface area contributed by atoms with Crippen molar-refractivity contribution < 1.29 is 70.7 Å². The number of halogens is 8. The molecule has 2 rings (SSSR count). The van der Waals surface area contributed by atoms with Crippen molar-refractivity contribution in [3.8, 4) is 5.75 Å². The van der Waals surface area contributed by atoms with Gasteiger partial charge in [0.15, 0.2) is 6.54 Å². The largest absolute Gasteiger partial charge is 0.569 e. The lowest BCUT2D eigenvalue weighted by Gasteiger charge is -2.41. The van der Waals surface area contributed by atoms with E-state index in [1.54, 1.807) is 0 Å². The SMILES string of the molecule is [2H]C([2H])([2H])c1cc(S(F)(F)(F)(F)F)cc2c1OC(C(F)(F)F)C(C(=O)OCON=[N+]([O-])N(C)CC(=O)O)=C2. The highest BCUT2D eigenvalue weighted by molar-refractivity contribution is 8.45. The van der Waals surface area contributed by atoms with Gasteiger partial charge in [-0.2, -0.15) is 13.2 Å². The Morgan fingerprint density at radius 2 is 1.94 bits per heavy atom. The van der Waals surface area contributed by atoms with Crippen molar-refractivity contribution in [1.29, 1.82) is 0 Å². The summed E-state index contributed by atoms with van der Waals surface area (Å²) in [7, 11) is -9.64. The van der Waals surface area contributed by atoms with Gasteiger partial charge >= 0.3 is 28.3 Å². The van der Waals surface area contributed by atoms with Crippen LogP contribution in [0.4, 0.5) is 32.6 Å². The number of hydrogen-bond donors (Lipinski definition) is 1. The van der Waals surface area contributed by atoms with E-state index in [9.17, 15) is 47.4 Å². The van der Waals surface area contributed by atoms with Gasteiger partial charge in [0.05, 0.1) is 17.6 Å². The van der Waals surface area contributed by atoms with Gasteiger partial charge in [-0.1, -0.05) is 19.4 Å². The molecule has 1 aromatic carbocycles. The van der Waals surface area contributed by atoms with E-state index >= 15 is 0 Å². The summed E-state index contributed by atoms with van der Waals surface area (Å²) in [5, 5.41) is 23.1. The molecular formula is C16H15F8N3O7S. The van der Waals surface area contributed by atoms with Crippen molar-refractivity contribution in [1.82, 2.24) is 5.01 Å². The molecule has 1 atom stereocenters. The highest BCUT2D eigenvalue weighted by atomic mass is 32.5. The maximum absolute atomic E-state index is 13.6. The molecule has 0 saturated heterocycles. The first-order valence-corrected chi connectivity index (χ1v) is 10.5. The zero-order valence-corrected chi connectivity index (χ0v) is 17.7. The lowest BCUT2D eigenvalue weighted by atomic mass is 9.99. The van der Waals surface area contributed by atoms with Crippen LogP contribution in [0.5, 0.6) is 5.75 Å². The number of carbonyl (C=O) groups is 2. The van der Waals surface area contributed by atoms with Gasteiger partial charge in [-0.25, -0.2) is 4.79 Å². The van der Waals surface area contributed by atoms with E-state index in [4.69, 9.17) is 9.22 Å². The number of likely N-dealkylation sites (N-methyl/N-ethyl adjacent to an activating group) is 1. The number of aliphatic carboxylic acids is 1.